The predicted molar refractivity (Wildman–Crippen MR) is 141 cm³/mol. The van der Waals surface area contributed by atoms with E-state index in [4.69, 9.17) is 14.2 Å². The molecule has 9 nitrogen and oxygen atoms in total. The molecule has 0 radical (unpaired) electrons. The number of carbonyl (C=O) groups excluding carboxylic acids is 2. The fraction of sp³-hybridized carbons (Fsp3) is 0.185. The molecular formula is C27H26N4O5S. The number of methoxy groups -OCH3 is 2. The Kier molecular flexibility index (Phi) is 8.42. The Morgan fingerprint density at radius 1 is 0.892 bits per heavy atom. The Hall–Kier alpha value is -4.31. The van der Waals surface area contributed by atoms with Gasteiger partial charge in [0.2, 0.25) is 5.91 Å². The Labute approximate surface area is 218 Å². The van der Waals surface area contributed by atoms with Crippen molar-refractivity contribution >= 4 is 29.3 Å². The molecule has 0 aliphatic carbocycles. The number of carbonyl (C=O) groups is 2. The molecule has 0 unspecified atom stereocenters. The van der Waals surface area contributed by atoms with Crippen molar-refractivity contribution in [2.24, 2.45) is 0 Å². The van der Waals surface area contributed by atoms with Crippen LogP contribution in [0.25, 0.3) is 5.69 Å². The Balaban J connectivity index is 1.47. The van der Waals surface area contributed by atoms with Gasteiger partial charge in [-0.25, -0.2) is 4.79 Å². The second kappa shape index (κ2) is 12.1. The van der Waals surface area contributed by atoms with Gasteiger partial charge in [0.15, 0.2) is 11.0 Å². The van der Waals surface area contributed by atoms with Gasteiger partial charge in [-0.2, -0.15) is 0 Å². The summed E-state index contributed by atoms with van der Waals surface area (Å²) in [5.41, 5.74) is 2.93. The third kappa shape index (κ3) is 6.68. The summed E-state index contributed by atoms with van der Waals surface area (Å²) in [6, 6.07) is 21.7. The molecule has 0 saturated carbocycles. The van der Waals surface area contributed by atoms with E-state index in [1.54, 1.807) is 31.4 Å². The van der Waals surface area contributed by atoms with Crippen molar-refractivity contribution in [2.75, 3.05) is 25.3 Å². The topological polar surface area (TPSA) is 105 Å². The number of aryl methyl sites for hydroxylation is 1. The summed E-state index contributed by atoms with van der Waals surface area (Å²) in [5.74, 6) is 1.48. The van der Waals surface area contributed by atoms with Gasteiger partial charge in [0.25, 0.3) is 0 Å². The molecule has 0 aliphatic rings. The molecule has 0 aliphatic heterocycles. The van der Waals surface area contributed by atoms with Gasteiger partial charge in [0.05, 0.1) is 25.5 Å². The average molecular weight is 519 g/mol. The maximum Gasteiger partial charge on any atom is 0.337 e. The molecule has 4 aromatic rings. The number of hydrogen-bond donors (Lipinski definition) is 1. The minimum Gasteiger partial charge on any atom is -0.497 e. The zero-order chi connectivity index (χ0) is 26.2. The second-order valence-corrected chi connectivity index (χ2v) is 8.88. The zero-order valence-corrected chi connectivity index (χ0v) is 21.5. The van der Waals surface area contributed by atoms with Crippen LogP contribution in [0.2, 0.25) is 0 Å². The van der Waals surface area contributed by atoms with E-state index in [0.717, 1.165) is 22.7 Å². The van der Waals surface area contributed by atoms with Crippen molar-refractivity contribution in [3.63, 3.8) is 0 Å². The van der Waals surface area contributed by atoms with Crippen molar-refractivity contribution in [2.45, 2.75) is 18.7 Å². The summed E-state index contributed by atoms with van der Waals surface area (Å²) in [6.07, 6.45) is 0. The highest BCUT2D eigenvalue weighted by Gasteiger charge is 2.17. The van der Waals surface area contributed by atoms with Crippen molar-refractivity contribution in [3.8, 4) is 17.2 Å². The van der Waals surface area contributed by atoms with E-state index < -0.39 is 5.97 Å². The number of nitrogens with zero attached hydrogens (tertiary/aromatic N) is 3. The standard InChI is InChI=1S/C27H26N4O5S/c1-18-4-12-23(13-5-18)36-16-24-29-30-27(31(24)21-10-14-22(34-2)15-11-21)37-17-25(32)28-20-8-6-19(7-9-20)26(33)35-3/h4-15H,16-17H2,1-3H3,(H,28,32). The lowest BCUT2D eigenvalue weighted by molar-refractivity contribution is -0.113. The molecule has 1 amide bonds. The summed E-state index contributed by atoms with van der Waals surface area (Å²) >= 11 is 1.25. The van der Waals surface area contributed by atoms with E-state index in [1.807, 2.05) is 60.0 Å². The minimum absolute atomic E-state index is 0.103. The second-order valence-electron chi connectivity index (χ2n) is 7.94. The van der Waals surface area contributed by atoms with Crippen LogP contribution in [-0.2, 0) is 16.1 Å². The van der Waals surface area contributed by atoms with Crippen molar-refractivity contribution in [1.29, 1.82) is 0 Å². The number of amides is 1. The first-order valence-electron chi connectivity index (χ1n) is 11.4. The number of ether oxygens (including phenoxy) is 3. The van der Waals surface area contributed by atoms with Crippen LogP contribution in [0.4, 0.5) is 5.69 Å². The van der Waals surface area contributed by atoms with Gasteiger partial charge < -0.3 is 19.5 Å². The van der Waals surface area contributed by atoms with E-state index in [9.17, 15) is 9.59 Å². The number of aromatic nitrogens is 3. The van der Waals surface area contributed by atoms with Crippen molar-refractivity contribution in [1.82, 2.24) is 14.8 Å². The molecule has 0 atom stereocenters. The Morgan fingerprint density at radius 3 is 2.22 bits per heavy atom. The van der Waals surface area contributed by atoms with E-state index in [2.05, 4.69) is 15.5 Å². The number of hydrogen-bond acceptors (Lipinski definition) is 8. The quantitative estimate of drug-likeness (QED) is 0.238. The molecule has 0 saturated heterocycles. The van der Waals surface area contributed by atoms with Crippen molar-refractivity contribution in [3.05, 3.63) is 89.7 Å². The first-order valence-corrected chi connectivity index (χ1v) is 12.3. The highest BCUT2D eigenvalue weighted by molar-refractivity contribution is 7.99. The van der Waals surface area contributed by atoms with Crippen LogP contribution in [-0.4, -0.2) is 46.6 Å². The zero-order valence-electron chi connectivity index (χ0n) is 20.6. The molecule has 3 aromatic carbocycles. The van der Waals surface area contributed by atoms with Crippen LogP contribution in [0, 0.1) is 6.92 Å². The predicted octanol–water partition coefficient (Wildman–Crippen LogP) is 4.68. The number of nitrogens with one attached hydrogen (secondary N) is 1. The van der Waals surface area contributed by atoms with Crippen LogP contribution >= 0.6 is 11.8 Å². The molecule has 1 N–H and O–H groups in total. The van der Waals surface area contributed by atoms with Crippen LogP contribution in [0.5, 0.6) is 11.5 Å². The molecule has 4 rings (SSSR count). The lowest BCUT2D eigenvalue weighted by atomic mass is 10.2. The van der Waals surface area contributed by atoms with Gasteiger partial charge >= 0.3 is 5.97 Å². The van der Waals surface area contributed by atoms with Gasteiger partial charge in [-0.1, -0.05) is 29.5 Å². The van der Waals surface area contributed by atoms with Crippen LogP contribution < -0.4 is 14.8 Å². The maximum absolute atomic E-state index is 12.6. The smallest absolute Gasteiger partial charge is 0.337 e. The van der Waals surface area contributed by atoms with Gasteiger partial charge in [0, 0.05) is 11.4 Å². The minimum atomic E-state index is -0.437. The van der Waals surface area contributed by atoms with Crippen LogP contribution in [0.1, 0.15) is 21.7 Å². The fourth-order valence-corrected chi connectivity index (χ4v) is 4.17. The molecule has 1 heterocycles. The van der Waals surface area contributed by atoms with E-state index in [1.165, 1.54) is 18.9 Å². The highest BCUT2D eigenvalue weighted by atomic mass is 32.2. The maximum atomic E-state index is 12.6. The number of thioether (sulfide) groups is 1. The average Bonchev–Trinajstić information content (AvgIpc) is 3.34. The summed E-state index contributed by atoms with van der Waals surface area (Å²) in [5, 5.41) is 12.0. The molecular weight excluding hydrogens is 492 g/mol. The molecule has 0 bridgehead atoms. The van der Waals surface area contributed by atoms with Crippen LogP contribution in [0.15, 0.2) is 78.0 Å². The van der Waals surface area contributed by atoms with Crippen LogP contribution in [0.3, 0.4) is 0 Å². The molecule has 0 fully saturated rings. The monoisotopic (exact) mass is 518 g/mol. The molecule has 37 heavy (non-hydrogen) atoms. The van der Waals surface area contributed by atoms with E-state index >= 15 is 0 Å². The SMILES string of the molecule is COC(=O)c1ccc(NC(=O)CSc2nnc(COc3ccc(C)cc3)n2-c2ccc(OC)cc2)cc1. The Morgan fingerprint density at radius 2 is 1.57 bits per heavy atom. The third-order valence-electron chi connectivity index (χ3n) is 5.34. The summed E-state index contributed by atoms with van der Waals surface area (Å²) in [7, 11) is 2.93. The fourth-order valence-electron chi connectivity index (χ4n) is 3.39. The number of benzene rings is 3. The molecule has 0 spiro atoms. The lowest BCUT2D eigenvalue weighted by Crippen LogP contribution is -2.15. The van der Waals surface area contributed by atoms with E-state index in [-0.39, 0.29) is 18.3 Å². The summed E-state index contributed by atoms with van der Waals surface area (Å²) < 4.78 is 17.8. The number of esters is 1. The first kappa shape index (κ1) is 25.8. The van der Waals surface area contributed by atoms with Gasteiger partial charge in [-0.15, -0.1) is 10.2 Å². The first-order chi connectivity index (χ1) is 18.0. The number of rotatable bonds is 10. The Bertz CT molecular complexity index is 1350. The molecule has 10 heteroatoms. The molecule has 190 valence electrons. The van der Waals surface area contributed by atoms with Gasteiger partial charge in [0.1, 0.15) is 18.1 Å². The molecule has 1 aromatic heterocycles. The summed E-state index contributed by atoms with van der Waals surface area (Å²) in [4.78, 5) is 24.2. The number of anilines is 1. The highest BCUT2D eigenvalue weighted by Crippen LogP contribution is 2.25. The largest absolute Gasteiger partial charge is 0.497 e. The summed E-state index contributed by atoms with van der Waals surface area (Å²) in [6.45, 7) is 2.21. The van der Waals surface area contributed by atoms with Gasteiger partial charge in [-0.05, 0) is 67.6 Å². The van der Waals surface area contributed by atoms with Crippen molar-refractivity contribution < 1.29 is 23.8 Å². The normalized spacial score (nSPS) is 10.6. The van der Waals surface area contributed by atoms with E-state index in [0.29, 0.717) is 22.2 Å². The van der Waals surface area contributed by atoms with Gasteiger partial charge in [-0.3, -0.25) is 9.36 Å². The lowest BCUT2D eigenvalue weighted by Gasteiger charge is -2.12. The third-order valence-corrected chi connectivity index (χ3v) is 6.27.